The molecular weight excluding hydrogens is 479 g/mol. The Labute approximate surface area is 193 Å². The van der Waals surface area contributed by atoms with Gasteiger partial charge in [-0.15, -0.1) is 0 Å². The number of aliphatic carboxylic acids is 1. The molecule has 0 fully saturated rings. The van der Waals surface area contributed by atoms with Gasteiger partial charge >= 0.3 is 15.6 Å². The van der Waals surface area contributed by atoms with Crippen LogP contribution < -0.4 is 9.29 Å². The van der Waals surface area contributed by atoms with Gasteiger partial charge in [-0.3, -0.25) is 4.90 Å². The summed E-state index contributed by atoms with van der Waals surface area (Å²) < 4.78 is 67.0. The van der Waals surface area contributed by atoms with Crippen LogP contribution in [0.3, 0.4) is 0 Å². The SMILES string of the molecule is Cc1c2c(c(C)c(C(O)C(=O)[O-])c1OS(=O)(=O)C(F)(F)F)C(CC=O)N(Cc1ccccc1)C2. The second-order valence-electron chi connectivity index (χ2n) is 7.90. The van der Waals surface area contributed by atoms with Crippen molar-refractivity contribution in [3.05, 3.63) is 63.7 Å². The van der Waals surface area contributed by atoms with Crippen LogP contribution in [0, 0.1) is 13.8 Å². The summed E-state index contributed by atoms with van der Waals surface area (Å²) in [5.41, 5.74) is -4.83. The Morgan fingerprint density at radius 2 is 1.88 bits per heavy atom. The highest BCUT2D eigenvalue weighted by Crippen LogP contribution is 2.47. The van der Waals surface area contributed by atoms with Gasteiger partial charge in [0.2, 0.25) is 0 Å². The summed E-state index contributed by atoms with van der Waals surface area (Å²) in [4.78, 5) is 24.7. The fraction of sp³-hybridized carbons (Fsp3) is 0.364. The summed E-state index contributed by atoms with van der Waals surface area (Å²) in [5, 5.41) is 21.7. The molecular formula is C22H21F3NO7S-. The Bertz CT molecular complexity index is 1210. The average molecular weight is 500 g/mol. The van der Waals surface area contributed by atoms with Crippen LogP contribution in [0.4, 0.5) is 13.2 Å². The van der Waals surface area contributed by atoms with Gasteiger partial charge in [-0.25, -0.2) is 0 Å². The molecule has 0 spiro atoms. The molecule has 0 amide bonds. The fourth-order valence-corrected chi connectivity index (χ4v) is 4.82. The van der Waals surface area contributed by atoms with Gasteiger partial charge in [-0.2, -0.15) is 21.6 Å². The number of halogens is 3. The summed E-state index contributed by atoms with van der Waals surface area (Å²) in [6.45, 7) is 3.08. The minimum atomic E-state index is -6.17. The first kappa shape index (κ1) is 25.7. The Hall–Kier alpha value is -2.96. The van der Waals surface area contributed by atoms with E-state index < -0.39 is 45.1 Å². The van der Waals surface area contributed by atoms with Crippen molar-refractivity contribution in [1.29, 1.82) is 0 Å². The molecule has 0 saturated carbocycles. The maximum absolute atomic E-state index is 13.0. The van der Waals surface area contributed by atoms with Crippen molar-refractivity contribution in [1.82, 2.24) is 4.90 Å². The van der Waals surface area contributed by atoms with Crippen LogP contribution in [0.5, 0.6) is 5.75 Å². The number of benzene rings is 2. The van der Waals surface area contributed by atoms with Crippen molar-refractivity contribution in [3.8, 4) is 5.75 Å². The number of alkyl halides is 3. The number of rotatable bonds is 8. The van der Waals surface area contributed by atoms with Crippen molar-refractivity contribution in [3.63, 3.8) is 0 Å². The smallest absolute Gasteiger partial charge is 0.534 e. The number of hydrogen-bond donors (Lipinski definition) is 1. The number of fused-ring (bicyclic) bond motifs is 1. The molecule has 1 heterocycles. The third-order valence-electron chi connectivity index (χ3n) is 5.83. The Morgan fingerprint density at radius 1 is 1.26 bits per heavy atom. The third kappa shape index (κ3) is 4.65. The molecule has 0 saturated heterocycles. The van der Waals surface area contributed by atoms with Gasteiger partial charge in [0.25, 0.3) is 0 Å². The van der Waals surface area contributed by atoms with Crippen LogP contribution in [-0.4, -0.2) is 36.2 Å². The lowest BCUT2D eigenvalue weighted by atomic mass is 9.87. The van der Waals surface area contributed by atoms with Gasteiger partial charge in [0.05, 0.1) is 5.97 Å². The van der Waals surface area contributed by atoms with E-state index in [1.54, 1.807) is 0 Å². The van der Waals surface area contributed by atoms with Crippen LogP contribution in [0.15, 0.2) is 30.3 Å². The van der Waals surface area contributed by atoms with Crippen LogP contribution in [0.2, 0.25) is 0 Å². The van der Waals surface area contributed by atoms with E-state index in [4.69, 9.17) is 0 Å². The molecule has 184 valence electrons. The van der Waals surface area contributed by atoms with Gasteiger partial charge in [0.1, 0.15) is 12.4 Å². The minimum absolute atomic E-state index is 0.00656. The van der Waals surface area contributed by atoms with Crippen molar-refractivity contribution in [2.75, 3.05) is 0 Å². The van der Waals surface area contributed by atoms with Crippen LogP contribution in [0.25, 0.3) is 0 Å². The Balaban J connectivity index is 2.22. The predicted octanol–water partition coefficient (Wildman–Crippen LogP) is 1.96. The van der Waals surface area contributed by atoms with Crippen LogP contribution in [-0.2, 0) is 32.8 Å². The topological polar surface area (TPSA) is 124 Å². The number of carboxylic acids is 1. The molecule has 2 aromatic carbocycles. The van der Waals surface area contributed by atoms with E-state index >= 15 is 0 Å². The minimum Gasteiger partial charge on any atom is -0.547 e. The molecule has 1 aliphatic heterocycles. The number of carbonyl (C=O) groups is 2. The second-order valence-corrected chi connectivity index (χ2v) is 9.44. The van der Waals surface area contributed by atoms with E-state index in [-0.39, 0.29) is 24.1 Å². The molecule has 0 bridgehead atoms. The molecule has 0 aliphatic carbocycles. The highest BCUT2D eigenvalue weighted by molar-refractivity contribution is 7.88. The predicted molar refractivity (Wildman–Crippen MR) is 111 cm³/mol. The maximum atomic E-state index is 13.0. The van der Waals surface area contributed by atoms with Gasteiger partial charge in [0, 0.05) is 31.1 Å². The van der Waals surface area contributed by atoms with E-state index in [9.17, 15) is 41.4 Å². The van der Waals surface area contributed by atoms with Crippen molar-refractivity contribution in [2.45, 2.75) is 51.0 Å². The first-order valence-corrected chi connectivity index (χ1v) is 11.5. The zero-order valence-corrected chi connectivity index (χ0v) is 18.9. The number of aliphatic hydroxyl groups is 1. The first-order valence-electron chi connectivity index (χ1n) is 10.1. The van der Waals surface area contributed by atoms with E-state index in [1.807, 2.05) is 35.2 Å². The highest BCUT2D eigenvalue weighted by Gasteiger charge is 2.50. The fourth-order valence-electron chi connectivity index (χ4n) is 4.29. The van der Waals surface area contributed by atoms with E-state index in [1.165, 1.54) is 13.8 Å². The lowest BCUT2D eigenvalue weighted by molar-refractivity contribution is -0.315. The summed E-state index contributed by atoms with van der Waals surface area (Å²) in [7, 11) is -6.17. The number of carboxylic acid groups (broad SMARTS) is 1. The molecule has 0 radical (unpaired) electrons. The normalized spacial score (nSPS) is 17.3. The third-order valence-corrected chi connectivity index (χ3v) is 6.78. The van der Waals surface area contributed by atoms with Crippen molar-refractivity contribution >= 4 is 22.4 Å². The molecule has 1 N–H and O–H groups in total. The van der Waals surface area contributed by atoms with E-state index in [2.05, 4.69) is 4.18 Å². The molecule has 2 unspecified atom stereocenters. The second kappa shape index (κ2) is 9.35. The van der Waals surface area contributed by atoms with Gasteiger partial charge < -0.3 is 24.0 Å². The molecule has 3 rings (SSSR count). The first-order chi connectivity index (χ1) is 15.8. The average Bonchev–Trinajstić information content (AvgIpc) is 3.10. The number of nitrogens with zero attached hydrogens (tertiary/aromatic N) is 1. The lowest BCUT2D eigenvalue weighted by Gasteiger charge is -2.26. The summed E-state index contributed by atoms with van der Waals surface area (Å²) in [6.07, 6.45) is -1.84. The number of aliphatic hydroxyl groups excluding tert-OH is 1. The highest BCUT2D eigenvalue weighted by atomic mass is 32.2. The lowest BCUT2D eigenvalue weighted by Crippen LogP contribution is -2.32. The number of hydrogen-bond acceptors (Lipinski definition) is 8. The summed E-state index contributed by atoms with van der Waals surface area (Å²) in [6, 6.07) is 8.54. The van der Waals surface area contributed by atoms with Gasteiger partial charge in [-0.05, 0) is 41.7 Å². The van der Waals surface area contributed by atoms with E-state index in [0.29, 0.717) is 24.0 Å². The van der Waals surface area contributed by atoms with Crippen molar-refractivity contribution < 1.29 is 45.6 Å². The Morgan fingerprint density at radius 3 is 2.41 bits per heavy atom. The maximum Gasteiger partial charge on any atom is 0.534 e. The molecule has 8 nitrogen and oxygen atoms in total. The van der Waals surface area contributed by atoms with E-state index in [0.717, 1.165) is 5.56 Å². The largest absolute Gasteiger partial charge is 0.547 e. The van der Waals surface area contributed by atoms with Crippen molar-refractivity contribution in [2.24, 2.45) is 0 Å². The monoisotopic (exact) mass is 500 g/mol. The quantitative estimate of drug-likeness (QED) is 0.332. The summed E-state index contributed by atoms with van der Waals surface area (Å²) in [5.74, 6) is -2.97. The molecule has 2 atom stereocenters. The summed E-state index contributed by atoms with van der Waals surface area (Å²) >= 11 is 0. The number of aldehydes is 1. The molecule has 0 aromatic heterocycles. The molecule has 34 heavy (non-hydrogen) atoms. The van der Waals surface area contributed by atoms with Gasteiger partial charge in [0.15, 0.2) is 5.75 Å². The Kier molecular flexibility index (Phi) is 7.06. The zero-order chi connectivity index (χ0) is 25.4. The van der Waals surface area contributed by atoms with Crippen LogP contribution >= 0.6 is 0 Å². The van der Waals surface area contributed by atoms with Gasteiger partial charge in [-0.1, -0.05) is 30.3 Å². The zero-order valence-electron chi connectivity index (χ0n) is 18.1. The molecule has 2 aromatic rings. The number of carbonyl (C=O) groups excluding carboxylic acids is 2. The molecule has 12 heteroatoms. The van der Waals surface area contributed by atoms with Crippen LogP contribution in [0.1, 0.15) is 51.9 Å². The standard InChI is InChI=1S/C22H22F3NO7S/c1-12-15-11-26(10-14-6-4-3-5-7-14)16(8-9-27)17(15)13(2)18(19(28)21(29)30)20(12)33-34(31,32)22(23,24)25/h3-7,9,16,19,28H,8,10-11H2,1-2H3,(H,29,30)/p-1. The molecule has 1 aliphatic rings.